The van der Waals surface area contributed by atoms with Crippen LogP contribution in [0.15, 0.2) is 72.8 Å². The molecule has 1 aliphatic heterocycles. The summed E-state index contributed by atoms with van der Waals surface area (Å²) in [5.74, 6) is -7.74. The molecule has 0 radical (unpaired) electrons. The van der Waals surface area contributed by atoms with E-state index < -0.39 is 58.6 Å². The lowest BCUT2D eigenvalue weighted by Crippen LogP contribution is -2.28. The zero-order valence-electron chi connectivity index (χ0n) is 25.4. The Balaban J connectivity index is 1.32. The van der Waals surface area contributed by atoms with Gasteiger partial charge in [-0.15, -0.1) is 0 Å². The van der Waals surface area contributed by atoms with Crippen LogP contribution in [0.4, 0.5) is 35.1 Å². The Kier molecular flexibility index (Phi) is 10.4. The summed E-state index contributed by atoms with van der Waals surface area (Å²) < 4.78 is 134. The van der Waals surface area contributed by atoms with Crippen molar-refractivity contribution in [3.8, 4) is 28.0 Å². The number of halogens is 8. The Morgan fingerprint density at radius 2 is 1.30 bits per heavy atom. The first kappa shape index (κ1) is 34.1. The van der Waals surface area contributed by atoms with Crippen LogP contribution in [0.2, 0.25) is 0 Å². The van der Waals surface area contributed by atoms with Crippen LogP contribution in [-0.2, 0) is 22.0 Å². The van der Waals surface area contributed by atoms with Gasteiger partial charge in [-0.3, -0.25) is 0 Å². The average molecular weight is 663 g/mol. The van der Waals surface area contributed by atoms with E-state index in [0.717, 1.165) is 36.8 Å². The van der Waals surface area contributed by atoms with E-state index in [1.807, 2.05) is 19.1 Å². The molecule has 0 amide bonds. The predicted octanol–water partition coefficient (Wildman–Crippen LogP) is 10.6. The van der Waals surface area contributed by atoms with Crippen LogP contribution in [0.3, 0.4) is 0 Å². The van der Waals surface area contributed by atoms with Crippen molar-refractivity contribution in [2.45, 2.75) is 45.5 Å². The fourth-order valence-electron chi connectivity index (χ4n) is 5.31. The van der Waals surface area contributed by atoms with Gasteiger partial charge in [0.2, 0.25) is 0 Å². The highest BCUT2D eigenvalue weighted by Gasteiger charge is 2.42. The summed E-state index contributed by atoms with van der Waals surface area (Å²) in [5, 5.41) is 0. The third-order valence-corrected chi connectivity index (χ3v) is 7.61. The van der Waals surface area contributed by atoms with Crippen molar-refractivity contribution < 1.29 is 49.3 Å². The number of benzene rings is 4. The van der Waals surface area contributed by atoms with E-state index in [1.165, 1.54) is 12.1 Å². The van der Waals surface area contributed by atoms with E-state index in [2.05, 4.69) is 4.74 Å². The maximum Gasteiger partial charge on any atom is 0.432 e. The number of hydrogen-bond acceptors (Lipinski definition) is 3. The minimum atomic E-state index is -4.56. The topological polar surface area (TPSA) is 27.7 Å². The second kappa shape index (κ2) is 14.3. The van der Waals surface area contributed by atoms with Crippen LogP contribution in [0.25, 0.3) is 22.3 Å². The highest BCUT2D eigenvalue weighted by molar-refractivity contribution is 5.72. The molecule has 4 aromatic rings. The zero-order valence-corrected chi connectivity index (χ0v) is 25.4. The SMILES string of the molecule is CCC=CC1COC(c2cc(F)c(C(F)(F)Oc3ccc(-c4ccc(-c5cc(F)c(CCC)c(F)c5)c(F)c4)c(F)c3)c(F)c2)OC1. The molecule has 0 unspecified atom stereocenters. The molecule has 4 aromatic carbocycles. The molecule has 1 heterocycles. The Labute approximate surface area is 266 Å². The quantitative estimate of drug-likeness (QED) is 0.125. The Morgan fingerprint density at radius 1 is 0.723 bits per heavy atom. The summed E-state index contributed by atoms with van der Waals surface area (Å²) in [6.45, 7) is 4.12. The number of alkyl halides is 2. The smallest absolute Gasteiger partial charge is 0.429 e. The molecule has 248 valence electrons. The second-order valence-electron chi connectivity index (χ2n) is 11.1. The molecule has 5 rings (SSSR count). The van der Waals surface area contributed by atoms with Crippen molar-refractivity contribution in [2.75, 3.05) is 13.2 Å². The summed E-state index contributed by atoms with van der Waals surface area (Å²) in [7, 11) is 0. The molecule has 47 heavy (non-hydrogen) atoms. The molecule has 0 atom stereocenters. The van der Waals surface area contributed by atoms with E-state index in [9.17, 15) is 17.6 Å². The number of ether oxygens (including phenoxy) is 3. The number of rotatable bonds is 10. The molecule has 1 fully saturated rings. The first-order valence-corrected chi connectivity index (χ1v) is 15.0. The minimum absolute atomic E-state index is 0.0156. The molecular formula is C36H30F8O3. The fraction of sp³-hybridized carbons (Fsp3) is 0.278. The molecule has 3 nitrogen and oxygen atoms in total. The standard InChI is InChI=1S/C36H30F8O3/c1-3-5-7-20-18-45-35(46-19-20)23-15-32(41)34(33(42)16-23)36(43,44)47-24-9-11-25(31(40)17-24)21-8-10-26(28(37)12-21)22-13-29(38)27(6-4-2)30(39)14-22/h5,7-17,20,35H,3-4,6,18-19H2,1-2H3. The average Bonchev–Trinajstić information content (AvgIpc) is 3.01. The molecule has 0 bridgehead atoms. The van der Waals surface area contributed by atoms with Crippen molar-refractivity contribution in [1.29, 1.82) is 0 Å². The first-order valence-electron chi connectivity index (χ1n) is 15.0. The minimum Gasteiger partial charge on any atom is -0.429 e. The number of allylic oxidation sites excluding steroid dienone is 1. The predicted molar refractivity (Wildman–Crippen MR) is 160 cm³/mol. The lowest BCUT2D eigenvalue weighted by atomic mass is 9.97. The summed E-state index contributed by atoms with van der Waals surface area (Å²) >= 11 is 0. The third kappa shape index (κ3) is 7.52. The summed E-state index contributed by atoms with van der Waals surface area (Å²) in [4.78, 5) is 0. The maximum atomic E-state index is 15.1. The first-order chi connectivity index (χ1) is 22.4. The van der Waals surface area contributed by atoms with Gasteiger partial charge >= 0.3 is 6.11 Å². The summed E-state index contributed by atoms with van der Waals surface area (Å²) in [6, 6.07) is 9.26. The van der Waals surface area contributed by atoms with E-state index in [0.29, 0.717) is 24.6 Å². The lowest BCUT2D eigenvalue weighted by molar-refractivity contribution is -0.198. The zero-order chi connectivity index (χ0) is 33.9. The molecule has 11 heteroatoms. The molecular weight excluding hydrogens is 632 g/mol. The van der Waals surface area contributed by atoms with Gasteiger partial charge in [0.25, 0.3) is 0 Å². The second-order valence-corrected chi connectivity index (χ2v) is 11.1. The van der Waals surface area contributed by atoms with E-state index >= 15 is 17.6 Å². The van der Waals surface area contributed by atoms with Gasteiger partial charge in [0, 0.05) is 34.2 Å². The van der Waals surface area contributed by atoms with Crippen molar-refractivity contribution in [2.24, 2.45) is 5.92 Å². The van der Waals surface area contributed by atoms with Crippen LogP contribution in [0, 0.1) is 40.8 Å². The molecule has 1 aliphatic rings. The molecule has 0 N–H and O–H groups in total. The highest BCUT2D eigenvalue weighted by atomic mass is 19.3. The van der Waals surface area contributed by atoms with Gasteiger partial charge in [0.15, 0.2) is 6.29 Å². The van der Waals surface area contributed by atoms with Gasteiger partial charge in [-0.2, -0.15) is 8.78 Å². The molecule has 0 aromatic heterocycles. The van der Waals surface area contributed by atoms with Crippen molar-refractivity contribution in [3.63, 3.8) is 0 Å². The molecule has 0 spiro atoms. The van der Waals surface area contributed by atoms with Crippen LogP contribution < -0.4 is 4.74 Å². The molecule has 0 saturated carbocycles. The largest absolute Gasteiger partial charge is 0.432 e. The van der Waals surface area contributed by atoms with Gasteiger partial charge in [0.05, 0.1) is 13.2 Å². The Morgan fingerprint density at radius 3 is 1.87 bits per heavy atom. The Hall–Kier alpha value is -4.22. The Bertz CT molecular complexity index is 1730. The van der Waals surface area contributed by atoms with Crippen molar-refractivity contribution >= 4 is 0 Å². The van der Waals surface area contributed by atoms with Gasteiger partial charge in [-0.1, -0.05) is 44.6 Å². The monoisotopic (exact) mass is 662 g/mol. The number of hydrogen-bond donors (Lipinski definition) is 0. The molecule has 0 aliphatic carbocycles. The third-order valence-electron chi connectivity index (χ3n) is 7.61. The van der Waals surface area contributed by atoms with Gasteiger partial charge < -0.3 is 14.2 Å². The summed E-state index contributed by atoms with van der Waals surface area (Å²) in [5.41, 5.74) is -2.38. The van der Waals surface area contributed by atoms with Crippen LogP contribution in [0.1, 0.15) is 49.7 Å². The van der Waals surface area contributed by atoms with Gasteiger partial charge in [0.1, 0.15) is 46.2 Å². The lowest BCUT2D eigenvalue weighted by Gasteiger charge is -2.28. The van der Waals surface area contributed by atoms with Gasteiger partial charge in [-0.25, -0.2) is 26.3 Å². The fourth-order valence-corrected chi connectivity index (χ4v) is 5.31. The normalized spacial score (nSPS) is 17.0. The summed E-state index contributed by atoms with van der Waals surface area (Å²) in [6.07, 6.45) is -0.423. The van der Waals surface area contributed by atoms with Crippen LogP contribution in [-0.4, -0.2) is 13.2 Å². The van der Waals surface area contributed by atoms with Crippen molar-refractivity contribution in [3.05, 3.63) is 124 Å². The van der Waals surface area contributed by atoms with Crippen LogP contribution in [0.5, 0.6) is 5.75 Å². The van der Waals surface area contributed by atoms with Crippen molar-refractivity contribution in [1.82, 2.24) is 0 Å². The van der Waals surface area contributed by atoms with Crippen LogP contribution >= 0.6 is 0 Å². The molecule has 1 saturated heterocycles. The van der Waals surface area contributed by atoms with E-state index in [1.54, 1.807) is 6.92 Å². The van der Waals surface area contributed by atoms with Gasteiger partial charge in [-0.05, 0) is 66.4 Å². The van der Waals surface area contributed by atoms with E-state index in [4.69, 9.17) is 9.47 Å². The van der Waals surface area contributed by atoms with E-state index in [-0.39, 0.29) is 58.9 Å². The maximum absolute atomic E-state index is 15.1. The highest BCUT2D eigenvalue weighted by Crippen LogP contribution is 2.39.